The van der Waals surface area contributed by atoms with Gasteiger partial charge in [0.25, 0.3) is 0 Å². The maximum Gasteiger partial charge on any atom is 0.137 e. The zero-order valence-electron chi connectivity index (χ0n) is 11.0. The van der Waals surface area contributed by atoms with Crippen LogP contribution in [0.3, 0.4) is 0 Å². The molecule has 0 heterocycles. The summed E-state index contributed by atoms with van der Waals surface area (Å²) in [6.07, 6.45) is 0. The summed E-state index contributed by atoms with van der Waals surface area (Å²) in [6, 6.07) is 13.2. The van der Waals surface area contributed by atoms with E-state index in [9.17, 15) is 4.39 Å². The predicted molar refractivity (Wildman–Crippen MR) is 82.2 cm³/mol. The summed E-state index contributed by atoms with van der Waals surface area (Å²) in [5.41, 5.74) is 3.06. The van der Waals surface area contributed by atoms with Crippen molar-refractivity contribution in [3.63, 3.8) is 0 Å². The maximum atomic E-state index is 13.4. The lowest BCUT2D eigenvalue weighted by Gasteiger charge is -2.18. The summed E-state index contributed by atoms with van der Waals surface area (Å²) in [6.45, 7) is 0.592. The molecule has 0 bridgehead atoms. The molecule has 0 aliphatic rings. The molecule has 0 saturated heterocycles. The van der Waals surface area contributed by atoms with Crippen molar-refractivity contribution in [2.75, 3.05) is 24.3 Å². The Hall–Kier alpha value is -1.55. The van der Waals surface area contributed by atoms with Gasteiger partial charge in [-0.1, -0.05) is 18.2 Å². The van der Waals surface area contributed by atoms with Crippen LogP contribution in [0.4, 0.5) is 15.8 Å². The van der Waals surface area contributed by atoms with Crippen molar-refractivity contribution in [2.45, 2.75) is 6.54 Å². The van der Waals surface area contributed by atoms with E-state index in [1.54, 1.807) is 6.07 Å². The molecule has 0 amide bonds. The van der Waals surface area contributed by atoms with E-state index >= 15 is 0 Å². The number of hydrogen-bond acceptors (Lipinski definition) is 2. The zero-order valence-corrected chi connectivity index (χ0v) is 12.5. The first-order chi connectivity index (χ1) is 9.08. The minimum Gasteiger partial charge on any atom is -0.379 e. The number of para-hydroxylation sites is 2. The molecule has 0 aromatic heterocycles. The Balaban J connectivity index is 2.12. The molecule has 0 unspecified atom stereocenters. The Morgan fingerprint density at radius 3 is 2.58 bits per heavy atom. The van der Waals surface area contributed by atoms with Crippen molar-refractivity contribution in [3.8, 4) is 0 Å². The molecule has 2 aromatic carbocycles. The highest BCUT2D eigenvalue weighted by molar-refractivity contribution is 9.10. The number of nitrogens with one attached hydrogen (secondary N) is 1. The number of nitrogens with zero attached hydrogens (tertiary/aromatic N) is 1. The Labute approximate surface area is 121 Å². The molecule has 2 nitrogen and oxygen atoms in total. The maximum absolute atomic E-state index is 13.4. The molecule has 100 valence electrons. The van der Waals surface area contributed by atoms with E-state index in [1.807, 2.05) is 49.3 Å². The average molecular weight is 323 g/mol. The van der Waals surface area contributed by atoms with Gasteiger partial charge in [-0.15, -0.1) is 0 Å². The fourth-order valence-electron chi connectivity index (χ4n) is 1.86. The molecule has 0 atom stereocenters. The Morgan fingerprint density at radius 2 is 1.89 bits per heavy atom. The van der Waals surface area contributed by atoms with Crippen LogP contribution in [0.1, 0.15) is 5.56 Å². The number of benzene rings is 2. The first kappa shape index (κ1) is 13.9. The third-order valence-electron chi connectivity index (χ3n) is 2.85. The second-order valence-electron chi connectivity index (χ2n) is 4.51. The number of anilines is 2. The van der Waals surface area contributed by atoms with E-state index in [0.717, 1.165) is 16.9 Å². The lowest BCUT2D eigenvalue weighted by Crippen LogP contribution is -2.12. The van der Waals surface area contributed by atoms with E-state index in [0.29, 0.717) is 11.0 Å². The minimum absolute atomic E-state index is 0.236. The van der Waals surface area contributed by atoms with Crippen LogP contribution in [0.5, 0.6) is 0 Å². The van der Waals surface area contributed by atoms with Gasteiger partial charge in [0.1, 0.15) is 5.82 Å². The highest BCUT2D eigenvalue weighted by Gasteiger charge is 2.04. The molecule has 0 aliphatic carbocycles. The Morgan fingerprint density at radius 1 is 1.16 bits per heavy atom. The highest BCUT2D eigenvalue weighted by Crippen LogP contribution is 2.24. The van der Waals surface area contributed by atoms with Crippen molar-refractivity contribution >= 4 is 27.3 Å². The highest BCUT2D eigenvalue weighted by atomic mass is 79.9. The van der Waals surface area contributed by atoms with E-state index in [4.69, 9.17) is 0 Å². The molecule has 2 aromatic rings. The van der Waals surface area contributed by atoms with Crippen LogP contribution >= 0.6 is 15.9 Å². The molecule has 0 saturated carbocycles. The van der Waals surface area contributed by atoms with Crippen LogP contribution in [0, 0.1) is 5.82 Å². The average Bonchev–Trinajstić information content (AvgIpc) is 2.40. The van der Waals surface area contributed by atoms with Crippen molar-refractivity contribution in [1.29, 1.82) is 0 Å². The molecular weight excluding hydrogens is 307 g/mol. The second-order valence-corrected chi connectivity index (χ2v) is 5.37. The predicted octanol–water partition coefficient (Wildman–Crippen LogP) is 4.27. The van der Waals surface area contributed by atoms with Gasteiger partial charge in [-0.05, 0) is 45.8 Å². The van der Waals surface area contributed by atoms with Crippen molar-refractivity contribution in [3.05, 3.63) is 58.3 Å². The summed E-state index contributed by atoms with van der Waals surface area (Å²) in [4.78, 5) is 2.05. The summed E-state index contributed by atoms with van der Waals surface area (Å²) < 4.78 is 13.9. The van der Waals surface area contributed by atoms with Crippen molar-refractivity contribution in [2.24, 2.45) is 0 Å². The third kappa shape index (κ3) is 3.47. The summed E-state index contributed by atoms with van der Waals surface area (Å²) >= 11 is 3.15. The molecular formula is C15H16BrFN2. The first-order valence-electron chi connectivity index (χ1n) is 6.02. The van der Waals surface area contributed by atoms with Gasteiger partial charge < -0.3 is 10.2 Å². The van der Waals surface area contributed by atoms with Gasteiger partial charge >= 0.3 is 0 Å². The summed E-state index contributed by atoms with van der Waals surface area (Å²) in [5, 5.41) is 3.33. The van der Waals surface area contributed by atoms with Gasteiger partial charge in [-0.2, -0.15) is 0 Å². The van der Waals surface area contributed by atoms with Gasteiger partial charge in [0, 0.05) is 20.6 Å². The van der Waals surface area contributed by atoms with Crippen molar-refractivity contribution in [1.82, 2.24) is 0 Å². The quantitative estimate of drug-likeness (QED) is 0.904. The monoisotopic (exact) mass is 322 g/mol. The molecule has 0 fully saturated rings. The lowest BCUT2D eigenvalue weighted by molar-refractivity contribution is 0.619. The third-order valence-corrected chi connectivity index (χ3v) is 3.50. The van der Waals surface area contributed by atoms with Crippen LogP contribution in [0.25, 0.3) is 0 Å². The molecule has 1 N–H and O–H groups in total. The van der Waals surface area contributed by atoms with E-state index in [1.165, 1.54) is 6.07 Å². The van der Waals surface area contributed by atoms with Crippen LogP contribution in [-0.2, 0) is 6.54 Å². The molecule has 4 heteroatoms. The fourth-order valence-corrected chi connectivity index (χ4v) is 2.11. The first-order valence-corrected chi connectivity index (χ1v) is 6.81. The molecule has 0 spiro atoms. The standard InChI is InChI=1S/C15H16BrFN2/c1-19(2)15-6-4-3-5-14(15)18-10-11-7-8-12(16)13(17)9-11/h3-9,18H,10H2,1-2H3. The Kier molecular flexibility index (Phi) is 4.43. The summed E-state index contributed by atoms with van der Waals surface area (Å²) in [5.74, 6) is -0.236. The van der Waals surface area contributed by atoms with Crippen molar-refractivity contribution < 1.29 is 4.39 Å². The number of rotatable bonds is 4. The molecule has 19 heavy (non-hydrogen) atoms. The van der Waals surface area contributed by atoms with Gasteiger partial charge in [0.2, 0.25) is 0 Å². The number of halogens is 2. The van der Waals surface area contributed by atoms with Crippen LogP contribution < -0.4 is 10.2 Å². The van der Waals surface area contributed by atoms with Crippen LogP contribution in [0.15, 0.2) is 46.9 Å². The number of hydrogen-bond donors (Lipinski definition) is 1. The Bertz CT molecular complexity index is 570. The fraction of sp³-hybridized carbons (Fsp3) is 0.200. The molecule has 2 rings (SSSR count). The minimum atomic E-state index is -0.236. The SMILES string of the molecule is CN(C)c1ccccc1NCc1ccc(Br)c(F)c1. The molecule has 0 aliphatic heterocycles. The van der Waals surface area contributed by atoms with Gasteiger partial charge in [0.15, 0.2) is 0 Å². The second kappa shape index (κ2) is 6.06. The van der Waals surface area contributed by atoms with Crippen LogP contribution in [-0.4, -0.2) is 14.1 Å². The topological polar surface area (TPSA) is 15.3 Å². The molecule has 0 radical (unpaired) electrons. The van der Waals surface area contributed by atoms with Gasteiger partial charge in [-0.3, -0.25) is 0 Å². The van der Waals surface area contributed by atoms with E-state index in [-0.39, 0.29) is 5.82 Å². The van der Waals surface area contributed by atoms with Gasteiger partial charge in [0.05, 0.1) is 15.8 Å². The smallest absolute Gasteiger partial charge is 0.137 e. The normalized spacial score (nSPS) is 10.3. The summed E-state index contributed by atoms with van der Waals surface area (Å²) in [7, 11) is 4.00. The lowest BCUT2D eigenvalue weighted by atomic mass is 10.2. The van der Waals surface area contributed by atoms with E-state index < -0.39 is 0 Å². The van der Waals surface area contributed by atoms with Crippen LogP contribution in [0.2, 0.25) is 0 Å². The van der Waals surface area contributed by atoms with E-state index in [2.05, 4.69) is 21.2 Å². The zero-order chi connectivity index (χ0) is 13.8. The van der Waals surface area contributed by atoms with Gasteiger partial charge in [-0.25, -0.2) is 4.39 Å². The largest absolute Gasteiger partial charge is 0.379 e.